The van der Waals surface area contributed by atoms with Crippen molar-refractivity contribution < 1.29 is 23.9 Å². The quantitative estimate of drug-likeness (QED) is 0.660. The van der Waals surface area contributed by atoms with E-state index in [4.69, 9.17) is 9.47 Å². The zero-order valence-corrected chi connectivity index (χ0v) is 14.9. The molecule has 1 N–H and O–H groups in total. The largest absolute Gasteiger partial charge is 0.493 e. The van der Waals surface area contributed by atoms with E-state index in [-0.39, 0.29) is 11.6 Å². The van der Waals surface area contributed by atoms with Gasteiger partial charge in [0.05, 0.1) is 14.2 Å². The van der Waals surface area contributed by atoms with Crippen LogP contribution in [0.3, 0.4) is 0 Å². The molecule has 1 saturated carbocycles. The Morgan fingerprint density at radius 2 is 1.81 bits per heavy atom. The number of amides is 4. The molecular formula is C19H22N2O5. The Hall–Kier alpha value is -2.83. The third-order valence-corrected chi connectivity index (χ3v) is 4.81. The van der Waals surface area contributed by atoms with Crippen LogP contribution in [0.15, 0.2) is 23.8 Å². The molecule has 4 amide bonds. The number of urea groups is 1. The minimum Gasteiger partial charge on any atom is -0.493 e. The number of hydrogen-bond acceptors (Lipinski definition) is 5. The lowest BCUT2D eigenvalue weighted by Crippen LogP contribution is -2.58. The summed E-state index contributed by atoms with van der Waals surface area (Å²) in [6.07, 6.45) is 6.02. The number of barbiturate groups is 1. The van der Waals surface area contributed by atoms with E-state index in [0.29, 0.717) is 17.1 Å². The molecule has 138 valence electrons. The van der Waals surface area contributed by atoms with Crippen molar-refractivity contribution in [1.82, 2.24) is 10.2 Å². The number of hydrogen-bond donors (Lipinski definition) is 1. The van der Waals surface area contributed by atoms with Gasteiger partial charge in [-0.15, -0.1) is 0 Å². The van der Waals surface area contributed by atoms with Gasteiger partial charge < -0.3 is 9.47 Å². The summed E-state index contributed by atoms with van der Waals surface area (Å²) in [4.78, 5) is 38.6. The fourth-order valence-corrected chi connectivity index (χ4v) is 3.52. The summed E-state index contributed by atoms with van der Waals surface area (Å²) >= 11 is 0. The fourth-order valence-electron chi connectivity index (χ4n) is 3.52. The summed E-state index contributed by atoms with van der Waals surface area (Å²) in [7, 11) is 3.00. The third kappa shape index (κ3) is 3.29. The number of imide groups is 2. The zero-order valence-electron chi connectivity index (χ0n) is 14.9. The van der Waals surface area contributed by atoms with Crippen LogP contribution >= 0.6 is 0 Å². The molecule has 7 heteroatoms. The molecule has 1 aliphatic heterocycles. The van der Waals surface area contributed by atoms with Crippen molar-refractivity contribution >= 4 is 23.9 Å². The smallest absolute Gasteiger partial charge is 0.331 e. The average molecular weight is 358 g/mol. The predicted molar refractivity (Wildman–Crippen MR) is 94.8 cm³/mol. The molecule has 1 aromatic carbocycles. The highest BCUT2D eigenvalue weighted by Gasteiger charge is 2.40. The summed E-state index contributed by atoms with van der Waals surface area (Å²) < 4.78 is 10.6. The van der Waals surface area contributed by atoms with Crippen LogP contribution in [0.5, 0.6) is 11.5 Å². The number of carbonyl (C=O) groups excluding carboxylic acids is 3. The van der Waals surface area contributed by atoms with Gasteiger partial charge in [-0.3, -0.25) is 19.8 Å². The monoisotopic (exact) mass is 358 g/mol. The van der Waals surface area contributed by atoms with Gasteiger partial charge in [0, 0.05) is 11.6 Å². The van der Waals surface area contributed by atoms with Crippen LogP contribution in [0.2, 0.25) is 0 Å². The Kier molecular flexibility index (Phi) is 5.25. The van der Waals surface area contributed by atoms with Crippen molar-refractivity contribution in [2.24, 2.45) is 0 Å². The van der Waals surface area contributed by atoms with Gasteiger partial charge in [-0.1, -0.05) is 31.4 Å². The van der Waals surface area contributed by atoms with E-state index >= 15 is 0 Å². The van der Waals surface area contributed by atoms with E-state index in [1.165, 1.54) is 25.2 Å². The molecule has 0 atom stereocenters. The first-order valence-corrected chi connectivity index (χ1v) is 8.68. The van der Waals surface area contributed by atoms with Gasteiger partial charge in [-0.25, -0.2) is 4.79 Å². The van der Waals surface area contributed by atoms with Crippen molar-refractivity contribution in [2.75, 3.05) is 14.2 Å². The third-order valence-electron chi connectivity index (χ3n) is 4.81. The van der Waals surface area contributed by atoms with E-state index in [0.717, 1.165) is 32.1 Å². The predicted octanol–water partition coefficient (Wildman–Crippen LogP) is 2.50. The normalized spacial score (nSPS) is 20.3. The van der Waals surface area contributed by atoms with E-state index in [2.05, 4.69) is 5.32 Å². The molecule has 26 heavy (non-hydrogen) atoms. The summed E-state index contributed by atoms with van der Waals surface area (Å²) in [5, 5.41) is 2.28. The second kappa shape index (κ2) is 7.59. The van der Waals surface area contributed by atoms with E-state index < -0.39 is 17.8 Å². The van der Waals surface area contributed by atoms with Gasteiger partial charge in [0.25, 0.3) is 11.8 Å². The molecule has 1 aromatic rings. The van der Waals surface area contributed by atoms with Gasteiger partial charge in [0.1, 0.15) is 5.57 Å². The Balaban J connectivity index is 1.98. The van der Waals surface area contributed by atoms with Crippen LogP contribution in [0.25, 0.3) is 6.08 Å². The van der Waals surface area contributed by atoms with Crippen LogP contribution in [0.4, 0.5) is 4.79 Å². The molecule has 1 heterocycles. The number of methoxy groups -OCH3 is 2. The first-order chi connectivity index (χ1) is 12.6. The second-order valence-electron chi connectivity index (χ2n) is 6.37. The maximum absolute atomic E-state index is 12.9. The topological polar surface area (TPSA) is 84.9 Å². The summed E-state index contributed by atoms with van der Waals surface area (Å²) in [5.74, 6) is -0.345. The number of para-hydroxylation sites is 1. The molecule has 7 nitrogen and oxygen atoms in total. The molecule has 0 bridgehead atoms. The number of benzene rings is 1. The molecule has 0 radical (unpaired) electrons. The lowest BCUT2D eigenvalue weighted by atomic mass is 9.93. The number of rotatable bonds is 4. The molecule has 3 rings (SSSR count). The highest BCUT2D eigenvalue weighted by atomic mass is 16.5. The van der Waals surface area contributed by atoms with Gasteiger partial charge in [-0.2, -0.15) is 0 Å². The maximum Gasteiger partial charge on any atom is 0.331 e. The standard InChI is InChI=1S/C19H22N2O5/c1-25-15-10-6-7-12(16(15)26-2)11-14-17(22)20-19(24)21(18(14)23)13-8-4-3-5-9-13/h6-7,10-11,13H,3-5,8-9H2,1-2H3,(H,20,22,24). The van der Waals surface area contributed by atoms with E-state index in [1.807, 2.05) is 0 Å². The first-order valence-electron chi connectivity index (χ1n) is 8.68. The van der Waals surface area contributed by atoms with Crippen LogP contribution in [0.1, 0.15) is 37.7 Å². The van der Waals surface area contributed by atoms with Crippen LogP contribution < -0.4 is 14.8 Å². The molecule has 0 aromatic heterocycles. The molecule has 1 aliphatic carbocycles. The van der Waals surface area contributed by atoms with Crippen LogP contribution in [-0.4, -0.2) is 43.0 Å². The van der Waals surface area contributed by atoms with Crippen molar-refractivity contribution in [3.8, 4) is 11.5 Å². The average Bonchev–Trinajstić information content (AvgIpc) is 2.65. The number of carbonyl (C=O) groups is 3. The lowest BCUT2D eigenvalue weighted by molar-refractivity contribution is -0.132. The number of nitrogens with zero attached hydrogens (tertiary/aromatic N) is 1. The number of ether oxygens (including phenoxy) is 2. The molecule has 2 fully saturated rings. The minimum absolute atomic E-state index is 0.0817. The van der Waals surface area contributed by atoms with Crippen LogP contribution in [0, 0.1) is 0 Å². The lowest BCUT2D eigenvalue weighted by Gasteiger charge is -2.35. The molecule has 0 spiro atoms. The Morgan fingerprint density at radius 3 is 2.46 bits per heavy atom. The van der Waals surface area contributed by atoms with Crippen molar-refractivity contribution in [3.63, 3.8) is 0 Å². The van der Waals surface area contributed by atoms with Gasteiger partial charge >= 0.3 is 6.03 Å². The van der Waals surface area contributed by atoms with Gasteiger partial charge in [-0.05, 0) is 25.0 Å². The summed E-state index contributed by atoms with van der Waals surface area (Å²) in [6, 6.07) is 4.38. The van der Waals surface area contributed by atoms with Gasteiger partial charge in [0.15, 0.2) is 11.5 Å². The molecule has 2 aliphatic rings. The SMILES string of the molecule is COc1cccc(C=C2C(=O)NC(=O)N(C3CCCCC3)C2=O)c1OC. The zero-order chi connectivity index (χ0) is 18.7. The van der Waals surface area contributed by atoms with E-state index in [9.17, 15) is 14.4 Å². The molecule has 1 saturated heterocycles. The van der Waals surface area contributed by atoms with Crippen molar-refractivity contribution in [2.45, 2.75) is 38.1 Å². The minimum atomic E-state index is -0.697. The first kappa shape index (κ1) is 18.0. The van der Waals surface area contributed by atoms with Crippen molar-refractivity contribution in [1.29, 1.82) is 0 Å². The van der Waals surface area contributed by atoms with Gasteiger partial charge in [0.2, 0.25) is 0 Å². The Bertz CT molecular complexity index is 765. The van der Waals surface area contributed by atoms with E-state index in [1.54, 1.807) is 18.2 Å². The molecular weight excluding hydrogens is 336 g/mol. The maximum atomic E-state index is 12.9. The Morgan fingerprint density at radius 1 is 1.08 bits per heavy atom. The summed E-state index contributed by atoms with van der Waals surface area (Å²) in [5.41, 5.74) is 0.449. The Labute approximate surface area is 151 Å². The molecule has 0 unspecified atom stereocenters. The van der Waals surface area contributed by atoms with Crippen LogP contribution in [-0.2, 0) is 9.59 Å². The second-order valence-corrected chi connectivity index (χ2v) is 6.37. The highest BCUT2D eigenvalue weighted by Crippen LogP contribution is 2.33. The number of nitrogens with one attached hydrogen (secondary N) is 1. The van der Waals surface area contributed by atoms with Crippen molar-refractivity contribution in [3.05, 3.63) is 29.3 Å². The summed E-state index contributed by atoms with van der Waals surface area (Å²) in [6.45, 7) is 0. The highest BCUT2D eigenvalue weighted by molar-refractivity contribution is 6.31. The fraction of sp³-hybridized carbons (Fsp3) is 0.421.